The van der Waals surface area contributed by atoms with Gasteiger partial charge in [-0.05, 0) is 18.8 Å². The van der Waals surface area contributed by atoms with E-state index in [9.17, 15) is 4.79 Å². The number of rotatable bonds is 5. The van der Waals surface area contributed by atoms with Crippen molar-refractivity contribution in [2.75, 3.05) is 6.61 Å². The second-order valence-corrected chi connectivity index (χ2v) is 3.66. The molecule has 2 nitrogen and oxygen atoms in total. The van der Waals surface area contributed by atoms with Gasteiger partial charge in [-0.15, -0.1) is 0 Å². The average Bonchev–Trinajstić information content (AvgIpc) is 2.02. The Balaban J connectivity index is 3.44. The highest BCUT2D eigenvalue weighted by atomic mass is 16.5. The lowest BCUT2D eigenvalue weighted by atomic mass is 10.1. The van der Waals surface area contributed by atoms with Crippen LogP contribution in [0.15, 0.2) is 0 Å². The lowest BCUT2D eigenvalue weighted by molar-refractivity contribution is -0.148. The fraction of sp³-hybridized carbons (Fsp3) is 0.900. The second-order valence-electron chi connectivity index (χ2n) is 3.66. The third-order valence-electron chi connectivity index (χ3n) is 1.95. The molecular weight excluding hydrogens is 152 g/mol. The van der Waals surface area contributed by atoms with E-state index in [1.54, 1.807) is 0 Å². The van der Waals surface area contributed by atoms with Crippen molar-refractivity contribution in [3.63, 3.8) is 0 Å². The number of carbonyl (C=O) groups is 1. The summed E-state index contributed by atoms with van der Waals surface area (Å²) < 4.78 is 5.07. The first-order chi connectivity index (χ1) is 5.57. The molecule has 0 aromatic carbocycles. The van der Waals surface area contributed by atoms with Crippen LogP contribution in [0, 0.1) is 11.8 Å². The van der Waals surface area contributed by atoms with Crippen molar-refractivity contribution in [2.24, 2.45) is 11.8 Å². The molecule has 0 heterocycles. The van der Waals surface area contributed by atoms with E-state index in [1.807, 2.05) is 13.8 Å². The van der Waals surface area contributed by atoms with Crippen LogP contribution in [0.25, 0.3) is 0 Å². The van der Waals surface area contributed by atoms with Gasteiger partial charge in [0.2, 0.25) is 0 Å². The van der Waals surface area contributed by atoms with Gasteiger partial charge in [0, 0.05) is 0 Å². The van der Waals surface area contributed by atoms with E-state index in [-0.39, 0.29) is 11.9 Å². The Hall–Kier alpha value is -0.530. The van der Waals surface area contributed by atoms with Crippen molar-refractivity contribution < 1.29 is 9.53 Å². The van der Waals surface area contributed by atoms with Gasteiger partial charge in [0.1, 0.15) is 0 Å². The highest BCUT2D eigenvalue weighted by molar-refractivity contribution is 5.71. The van der Waals surface area contributed by atoms with Crippen LogP contribution >= 0.6 is 0 Å². The van der Waals surface area contributed by atoms with E-state index in [4.69, 9.17) is 4.74 Å². The molecule has 72 valence electrons. The Kier molecular flexibility index (Phi) is 5.77. The number of hydrogen-bond acceptors (Lipinski definition) is 2. The number of carbonyl (C=O) groups excluding carboxylic acids is 1. The SMILES string of the molecule is CC[C@@H](C)C(=O)OCCC(C)C. The summed E-state index contributed by atoms with van der Waals surface area (Å²) in [4.78, 5) is 11.1. The predicted octanol–water partition coefficient (Wildman–Crippen LogP) is 2.62. The molecule has 0 aliphatic carbocycles. The van der Waals surface area contributed by atoms with Crippen LogP contribution in [0.5, 0.6) is 0 Å². The Labute approximate surface area is 75.3 Å². The molecule has 0 aromatic rings. The minimum Gasteiger partial charge on any atom is -0.465 e. The molecule has 0 N–H and O–H groups in total. The molecule has 0 aliphatic rings. The molecule has 2 heteroatoms. The Morgan fingerprint density at radius 1 is 1.33 bits per heavy atom. The molecule has 0 aromatic heterocycles. The molecule has 0 saturated carbocycles. The third kappa shape index (κ3) is 5.16. The van der Waals surface area contributed by atoms with Crippen LogP contribution in [0.4, 0.5) is 0 Å². The summed E-state index contributed by atoms with van der Waals surface area (Å²) in [6.45, 7) is 8.71. The van der Waals surface area contributed by atoms with E-state index in [0.29, 0.717) is 12.5 Å². The van der Waals surface area contributed by atoms with Gasteiger partial charge in [0.15, 0.2) is 0 Å². The van der Waals surface area contributed by atoms with Gasteiger partial charge < -0.3 is 4.74 Å². The predicted molar refractivity (Wildman–Crippen MR) is 49.9 cm³/mol. The lowest BCUT2D eigenvalue weighted by Gasteiger charge is -2.09. The standard InChI is InChI=1S/C10H20O2/c1-5-9(4)10(11)12-7-6-8(2)3/h8-9H,5-7H2,1-4H3/t9-/m1/s1. The highest BCUT2D eigenvalue weighted by Gasteiger charge is 2.11. The number of esters is 1. The second kappa shape index (κ2) is 6.04. The summed E-state index contributed by atoms with van der Waals surface area (Å²) >= 11 is 0. The van der Waals surface area contributed by atoms with Crippen LogP contribution in [0.2, 0.25) is 0 Å². The van der Waals surface area contributed by atoms with E-state index < -0.39 is 0 Å². The van der Waals surface area contributed by atoms with Gasteiger partial charge in [-0.2, -0.15) is 0 Å². The summed E-state index contributed by atoms with van der Waals surface area (Å²) in [6, 6.07) is 0. The van der Waals surface area contributed by atoms with Crippen molar-refractivity contribution in [1.82, 2.24) is 0 Å². The molecule has 0 bridgehead atoms. The van der Waals surface area contributed by atoms with Gasteiger partial charge in [-0.25, -0.2) is 0 Å². The Morgan fingerprint density at radius 2 is 1.92 bits per heavy atom. The quantitative estimate of drug-likeness (QED) is 0.596. The average molecular weight is 172 g/mol. The minimum absolute atomic E-state index is 0.0529. The first-order valence-corrected chi connectivity index (χ1v) is 4.74. The van der Waals surface area contributed by atoms with Gasteiger partial charge in [-0.1, -0.05) is 27.7 Å². The summed E-state index contributed by atoms with van der Waals surface area (Å²) in [5, 5.41) is 0. The molecule has 0 spiro atoms. The molecule has 0 saturated heterocycles. The van der Waals surface area contributed by atoms with E-state index >= 15 is 0 Å². The van der Waals surface area contributed by atoms with Crippen LogP contribution < -0.4 is 0 Å². The van der Waals surface area contributed by atoms with Gasteiger partial charge in [0.05, 0.1) is 12.5 Å². The zero-order valence-corrected chi connectivity index (χ0v) is 8.59. The smallest absolute Gasteiger partial charge is 0.308 e. The molecule has 0 amide bonds. The first kappa shape index (κ1) is 11.5. The first-order valence-electron chi connectivity index (χ1n) is 4.74. The van der Waals surface area contributed by atoms with Crippen LogP contribution in [-0.4, -0.2) is 12.6 Å². The van der Waals surface area contributed by atoms with Gasteiger partial charge in [-0.3, -0.25) is 4.79 Å². The van der Waals surface area contributed by atoms with E-state index in [0.717, 1.165) is 12.8 Å². The fourth-order valence-corrected chi connectivity index (χ4v) is 0.704. The summed E-state index contributed by atoms with van der Waals surface area (Å²) in [6.07, 6.45) is 1.82. The van der Waals surface area contributed by atoms with E-state index in [1.165, 1.54) is 0 Å². The molecule has 0 radical (unpaired) electrons. The molecule has 12 heavy (non-hydrogen) atoms. The van der Waals surface area contributed by atoms with E-state index in [2.05, 4.69) is 13.8 Å². The summed E-state index contributed by atoms with van der Waals surface area (Å²) in [5.74, 6) is 0.602. The molecule has 1 atom stereocenters. The molecule has 0 unspecified atom stereocenters. The minimum atomic E-state index is -0.0573. The van der Waals surface area contributed by atoms with Gasteiger partial charge >= 0.3 is 5.97 Å². The monoisotopic (exact) mass is 172 g/mol. The third-order valence-corrected chi connectivity index (χ3v) is 1.95. The number of hydrogen-bond donors (Lipinski definition) is 0. The summed E-state index contributed by atoms with van der Waals surface area (Å²) in [7, 11) is 0. The van der Waals surface area contributed by atoms with Crippen LogP contribution in [0.1, 0.15) is 40.5 Å². The zero-order chi connectivity index (χ0) is 9.56. The normalized spacial score (nSPS) is 13.1. The highest BCUT2D eigenvalue weighted by Crippen LogP contribution is 2.05. The number of ether oxygens (including phenoxy) is 1. The Bertz CT molecular complexity index is 130. The van der Waals surface area contributed by atoms with Crippen molar-refractivity contribution in [1.29, 1.82) is 0 Å². The van der Waals surface area contributed by atoms with Crippen molar-refractivity contribution in [3.05, 3.63) is 0 Å². The van der Waals surface area contributed by atoms with Crippen molar-refractivity contribution in [3.8, 4) is 0 Å². The van der Waals surface area contributed by atoms with Crippen molar-refractivity contribution >= 4 is 5.97 Å². The molecule has 0 rings (SSSR count). The van der Waals surface area contributed by atoms with Crippen molar-refractivity contribution in [2.45, 2.75) is 40.5 Å². The molecular formula is C10H20O2. The van der Waals surface area contributed by atoms with Gasteiger partial charge in [0.25, 0.3) is 0 Å². The molecule has 0 aliphatic heterocycles. The maximum Gasteiger partial charge on any atom is 0.308 e. The Morgan fingerprint density at radius 3 is 2.33 bits per heavy atom. The summed E-state index contributed by atoms with van der Waals surface area (Å²) in [5.41, 5.74) is 0. The fourth-order valence-electron chi connectivity index (χ4n) is 0.704. The largest absolute Gasteiger partial charge is 0.465 e. The maximum atomic E-state index is 11.1. The maximum absolute atomic E-state index is 11.1. The zero-order valence-electron chi connectivity index (χ0n) is 8.59. The molecule has 0 fully saturated rings. The topological polar surface area (TPSA) is 26.3 Å². The van der Waals surface area contributed by atoms with Crippen LogP contribution in [-0.2, 0) is 9.53 Å². The lowest BCUT2D eigenvalue weighted by Crippen LogP contribution is -2.15. The van der Waals surface area contributed by atoms with Crippen LogP contribution in [0.3, 0.4) is 0 Å².